The number of carboxylic acids is 1. The van der Waals surface area contributed by atoms with E-state index >= 15 is 0 Å². The molecule has 1 aromatic heterocycles. The molecule has 1 unspecified atom stereocenters. The summed E-state index contributed by atoms with van der Waals surface area (Å²) in [5.74, 6) is -4.66. The second-order valence-corrected chi connectivity index (χ2v) is 24.5. The molecule has 446 valence electrons. The average Bonchev–Trinajstić information content (AvgIpc) is 3.96. The Hall–Kier alpha value is -3.93. The number of aliphatic hydroxyl groups excluding tert-OH is 2. The van der Waals surface area contributed by atoms with Crippen molar-refractivity contribution < 1.29 is 72.4 Å². The molecule has 18 atom stereocenters. The third-order valence-corrected chi connectivity index (χ3v) is 17.7. The van der Waals surface area contributed by atoms with Crippen LogP contribution in [-0.4, -0.2) is 180 Å². The van der Waals surface area contributed by atoms with Crippen LogP contribution in [0.2, 0.25) is 0 Å². The summed E-state index contributed by atoms with van der Waals surface area (Å²) in [5, 5.41) is 36.3. The number of nitrogens with one attached hydrogen (secondary N) is 1. The first-order chi connectivity index (χ1) is 37.0. The number of rotatable bonds is 17. The van der Waals surface area contributed by atoms with E-state index in [1.54, 1.807) is 36.4 Å². The first kappa shape index (κ1) is 64.2. The lowest BCUT2D eigenvalue weighted by molar-refractivity contribution is -0.314. The van der Waals surface area contributed by atoms with E-state index in [2.05, 4.69) is 5.32 Å². The smallest absolute Gasteiger partial charge is 0.341 e. The predicted octanol–water partition coefficient (Wildman–Crippen LogP) is 5.90. The maximum atomic E-state index is 14.9. The Morgan fingerprint density at radius 2 is 1.63 bits per heavy atom. The molecule has 5 heterocycles. The fourth-order valence-corrected chi connectivity index (χ4v) is 13.4. The summed E-state index contributed by atoms with van der Waals surface area (Å²) in [6, 6.07) is 4.77. The van der Waals surface area contributed by atoms with Gasteiger partial charge in [0.25, 0.3) is 0 Å². The van der Waals surface area contributed by atoms with Gasteiger partial charge >= 0.3 is 17.9 Å². The van der Waals surface area contributed by atoms with Gasteiger partial charge in [-0.25, -0.2) is 4.79 Å². The second kappa shape index (κ2) is 26.5. The number of methoxy groups -OCH3 is 1. The van der Waals surface area contributed by atoms with E-state index in [1.165, 1.54) is 13.3 Å². The molecule has 20 nitrogen and oxygen atoms in total. The second-order valence-electron chi connectivity index (χ2n) is 24.5. The summed E-state index contributed by atoms with van der Waals surface area (Å²) >= 11 is 0. The van der Waals surface area contributed by atoms with Crippen LogP contribution in [0.5, 0.6) is 0 Å². The standard InChI is InChI=1S/C59H94N4O16/c1-17-44-59(12)50(62(15)56(71)79-59)32(3)26-43(64)33(4)29-57(9,10)51(78-55-48(67)42(61(13)14)27-34(5)73-55)35(6)49(36(7)54(70)75-44)77-46-30-58(11,72-16)52(37(8)74-46)76-45(65)23-25-60-24-19-20-38-21-22-41-39(28-38)47(66)40(53(68)69)31-63(41)18-2/h21-22,28,31-37,42,44,46,48-52,55-56,60,67,71H,17-20,23-27,29-30H2,1-16H3,(H,68,69)/t32-,33+,34+,35-,36+,37-,42-,44+,46-,48+,49-,50+,51+,52-,55-,56?,58+,59+/m0/s1. The number of carbonyl (C=O) groups is 4. The molecule has 4 aliphatic rings. The highest BCUT2D eigenvalue weighted by atomic mass is 16.7. The summed E-state index contributed by atoms with van der Waals surface area (Å²) in [6.07, 6.45) is -4.54. The molecule has 0 amide bonds. The number of ether oxygens (including phenoxy) is 8. The van der Waals surface area contributed by atoms with Crippen LogP contribution in [0, 0.1) is 29.1 Å². The third kappa shape index (κ3) is 14.3. The van der Waals surface area contributed by atoms with Crippen molar-refractivity contribution in [3.8, 4) is 0 Å². The molecule has 2 aromatic rings. The number of ketones is 1. The highest BCUT2D eigenvalue weighted by Crippen LogP contribution is 2.46. The number of carbonyl (C=O) groups excluding carboxylic acids is 3. The number of esters is 2. The molecule has 0 bridgehead atoms. The Morgan fingerprint density at radius 1 is 0.937 bits per heavy atom. The number of likely N-dealkylation sites (N-methyl/N-ethyl adjacent to an activating group) is 2. The van der Waals surface area contributed by atoms with Crippen molar-refractivity contribution in [1.82, 2.24) is 19.7 Å². The number of pyridine rings is 1. The van der Waals surface area contributed by atoms with Gasteiger partial charge in [0.05, 0.1) is 42.3 Å². The average molecular weight is 1120 g/mol. The van der Waals surface area contributed by atoms with Gasteiger partial charge in [0, 0.05) is 68.5 Å². The van der Waals surface area contributed by atoms with Crippen LogP contribution in [0.3, 0.4) is 0 Å². The molecule has 6 rings (SSSR count). The highest BCUT2D eigenvalue weighted by molar-refractivity contribution is 5.92. The zero-order valence-corrected chi connectivity index (χ0v) is 49.8. The predicted molar refractivity (Wildman–Crippen MR) is 295 cm³/mol. The number of benzene rings is 1. The molecular formula is C59H94N4O16. The summed E-state index contributed by atoms with van der Waals surface area (Å²) in [6.45, 7) is 24.2. The maximum Gasteiger partial charge on any atom is 0.341 e. The lowest BCUT2D eigenvalue weighted by Crippen LogP contribution is -2.60. The topological polar surface area (TPSA) is 243 Å². The Labute approximate surface area is 467 Å². The minimum atomic E-state index is -1.29. The van der Waals surface area contributed by atoms with Crippen LogP contribution in [0.25, 0.3) is 10.9 Å². The zero-order valence-electron chi connectivity index (χ0n) is 49.8. The number of aromatic carboxylic acids is 1. The van der Waals surface area contributed by atoms with Crippen molar-refractivity contribution in [2.75, 3.05) is 41.3 Å². The molecule has 4 aliphatic heterocycles. The molecule has 79 heavy (non-hydrogen) atoms. The first-order valence-electron chi connectivity index (χ1n) is 28.6. The number of aryl methyl sites for hydroxylation is 2. The van der Waals surface area contributed by atoms with Crippen molar-refractivity contribution >= 4 is 34.6 Å². The summed E-state index contributed by atoms with van der Waals surface area (Å²) in [7, 11) is 7.09. The van der Waals surface area contributed by atoms with Gasteiger partial charge in [-0.3, -0.25) is 24.1 Å². The molecule has 4 fully saturated rings. The molecule has 20 heteroatoms. The number of aliphatic hydroxyl groups is 2. The quantitative estimate of drug-likeness (QED) is 0.106. The summed E-state index contributed by atoms with van der Waals surface area (Å²) in [5.41, 5.74) is -2.32. The lowest BCUT2D eigenvalue weighted by atomic mass is 9.70. The van der Waals surface area contributed by atoms with Gasteiger partial charge in [0.1, 0.15) is 34.8 Å². The zero-order chi connectivity index (χ0) is 58.6. The van der Waals surface area contributed by atoms with E-state index in [4.69, 9.17) is 37.9 Å². The summed E-state index contributed by atoms with van der Waals surface area (Å²) in [4.78, 5) is 71.3. The van der Waals surface area contributed by atoms with E-state index in [0.717, 1.165) is 5.56 Å². The van der Waals surface area contributed by atoms with Crippen molar-refractivity contribution in [3.63, 3.8) is 0 Å². The molecule has 4 N–H and O–H groups in total. The van der Waals surface area contributed by atoms with Gasteiger partial charge in [-0.1, -0.05) is 47.6 Å². The Balaban J connectivity index is 1.21. The molecule has 0 radical (unpaired) electrons. The number of cyclic esters (lactones) is 1. The van der Waals surface area contributed by atoms with Crippen molar-refractivity contribution in [3.05, 3.63) is 45.7 Å². The molecule has 4 saturated heterocycles. The summed E-state index contributed by atoms with van der Waals surface area (Å²) < 4.78 is 54.0. The van der Waals surface area contributed by atoms with Crippen LogP contribution in [-0.2, 0) is 65.2 Å². The first-order valence-corrected chi connectivity index (χ1v) is 28.6. The van der Waals surface area contributed by atoms with E-state index < -0.39 is 119 Å². The number of hydrogen-bond acceptors (Lipinski definition) is 18. The van der Waals surface area contributed by atoms with Gasteiger partial charge in [-0.15, -0.1) is 0 Å². The van der Waals surface area contributed by atoms with Gasteiger partial charge in [-0.05, 0) is 130 Å². The fourth-order valence-electron chi connectivity index (χ4n) is 13.4. The SMILES string of the molecule is CC[C@H]1OC(=O)[C@H](C)[C@@H](O[C@H]2C[C@@](C)(OC)[C@@H](OC(=O)CCNCCCc3ccc4c(c3)c(=O)c(C(=O)O)cn4CC)[C@H](C)O2)[C@H](C)[C@@H](O[C@@H]2O[C@H](C)C[C@H](N(C)C)[C@H]2O)C(C)(C)C[C@@H](C)C(=O)C[C@H](C)[C@H]2N(C)C(O)O[C@]12C. The Bertz CT molecular complexity index is 2490. The number of Topliss-reactive ketones (excluding diaryl/α,β-unsaturated/α-hetero) is 1. The normalized spacial score (nSPS) is 37.1. The number of carboxylic acid groups (broad SMARTS) is 1. The molecule has 0 aliphatic carbocycles. The van der Waals surface area contributed by atoms with Crippen molar-refractivity contribution in [2.45, 2.75) is 226 Å². The van der Waals surface area contributed by atoms with Gasteiger partial charge in [-0.2, -0.15) is 0 Å². The fraction of sp³-hybridized carbons (Fsp3) is 0.780. The molecule has 0 spiro atoms. The van der Waals surface area contributed by atoms with Crippen LogP contribution < -0.4 is 10.7 Å². The third-order valence-electron chi connectivity index (χ3n) is 17.7. The van der Waals surface area contributed by atoms with E-state index in [9.17, 15) is 39.3 Å². The molecular weight excluding hydrogens is 1020 g/mol. The largest absolute Gasteiger partial charge is 0.477 e. The minimum Gasteiger partial charge on any atom is -0.477 e. The van der Waals surface area contributed by atoms with Crippen LogP contribution >= 0.6 is 0 Å². The van der Waals surface area contributed by atoms with Gasteiger partial charge in [0.2, 0.25) is 11.8 Å². The number of nitrogens with zero attached hydrogens (tertiary/aromatic N) is 3. The number of aromatic nitrogens is 1. The number of fused-ring (bicyclic) bond motifs is 2. The van der Waals surface area contributed by atoms with Crippen molar-refractivity contribution in [2.24, 2.45) is 29.1 Å². The van der Waals surface area contributed by atoms with Gasteiger partial charge in [0.15, 0.2) is 18.7 Å². The van der Waals surface area contributed by atoms with Crippen LogP contribution in [0.15, 0.2) is 29.2 Å². The van der Waals surface area contributed by atoms with E-state index in [0.29, 0.717) is 62.6 Å². The monoisotopic (exact) mass is 1110 g/mol. The Kier molecular flexibility index (Phi) is 21.6. The van der Waals surface area contributed by atoms with Gasteiger partial charge < -0.3 is 68.0 Å². The van der Waals surface area contributed by atoms with Crippen LogP contribution in [0.4, 0.5) is 0 Å². The maximum absolute atomic E-state index is 14.9. The van der Waals surface area contributed by atoms with Crippen molar-refractivity contribution in [1.29, 1.82) is 0 Å². The number of hydrogen-bond donors (Lipinski definition) is 4. The Morgan fingerprint density at radius 3 is 2.27 bits per heavy atom. The van der Waals surface area contributed by atoms with E-state index in [1.807, 2.05) is 100 Å². The molecule has 1 aromatic carbocycles. The lowest BCUT2D eigenvalue weighted by Gasteiger charge is -2.49. The van der Waals surface area contributed by atoms with E-state index in [-0.39, 0.29) is 48.7 Å². The molecule has 0 saturated carbocycles. The van der Waals surface area contributed by atoms with Crippen LogP contribution in [0.1, 0.15) is 144 Å². The highest BCUT2D eigenvalue weighted by Gasteiger charge is 2.58. The minimum absolute atomic E-state index is 0.0238.